The van der Waals surface area contributed by atoms with Crippen LogP contribution in [-0.4, -0.2) is 72.5 Å². The summed E-state index contributed by atoms with van der Waals surface area (Å²) >= 11 is 1.89. The Morgan fingerprint density at radius 2 is 1.84 bits per heavy atom. The summed E-state index contributed by atoms with van der Waals surface area (Å²) in [4.78, 5) is 45.9. The zero-order chi connectivity index (χ0) is 22.6. The molecule has 5 amide bonds. The number of amides is 5. The molecule has 0 aromatic heterocycles. The molecule has 31 heavy (non-hydrogen) atoms. The molecule has 0 saturated carbocycles. The van der Waals surface area contributed by atoms with Gasteiger partial charge in [-0.15, -0.1) is 0 Å². The third-order valence-electron chi connectivity index (χ3n) is 5.48. The molecule has 0 aromatic carbocycles. The Morgan fingerprint density at radius 3 is 2.61 bits per heavy atom. The summed E-state index contributed by atoms with van der Waals surface area (Å²) in [6.45, 7) is 2.74. The lowest BCUT2D eigenvalue weighted by molar-refractivity contribution is -0.123. The Labute approximate surface area is 188 Å². The molecule has 2 rings (SSSR count). The second-order valence-corrected chi connectivity index (χ2v) is 9.37. The molecule has 11 heteroatoms. The van der Waals surface area contributed by atoms with E-state index in [1.807, 2.05) is 11.8 Å². The van der Waals surface area contributed by atoms with Crippen LogP contribution in [0, 0.1) is 0 Å². The number of hydrogen-bond acceptors (Lipinski definition) is 6. The molecule has 0 bridgehead atoms. The van der Waals surface area contributed by atoms with E-state index < -0.39 is 6.04 Å². The molecule has 2 saturated heterocycles. The van der Waals surface area contributed by atoms with E-state index >= 15 is 0 Å². The summed E-state index contributed by atoms with van der Waals surface area (Å²) in [5.74, 6) is 0.641. The molecule has 0 aromatic rings. The van der Waals surface area contributed by atoms with Gasteiger partial charge in [0.25, 0.3) is 0 Å². The lowest BCUT2D eigenvalue weighted by Gasteiger charge is -2.16. The zero-order valence-corrected chi connectivity index (χ0v) is 19.0. The molecule has 2 fully saturated rings. The van der Waals surface area contributed by atoms with Gasteiger partial charge in [0.05, 0.1) is 18.1 Å². The number of rotatable bonds is 14. The fourth-order valence-electron chi connectivity index (χ4n) is 3.77. The highest BCUT2D eigenvalue weighted by molar-refractivity contribution is 8.00. The number of nitrogens with one attached hydrogen (secondary N) is 5. The highest BCUT2D eigenvalue weighted by atomic mass is 32.2. The predicted molar refractivity (Wildman–Crippen MR) is 120 cm³/mol. The number of nitrogens with two attached hydrogens (primary N) is 1. The summed E-state index contributed by atoms with van der Waals surface area (Å²) in [5, 5.41) is 14.6. The van der Waals surface area contributed by atoms with E-state index in [0.29, 0.717) is 37.7 Å². The monoisotopic (exact) mass is 456 g/mol. The first-order valence-electron chi connectivity index (χ1n) is 11.1. The number of carbonyl (C=O) groups is 4. The second kappa shape index (κ2) is 13.4. The topological polar surface area (TPSA) is 154 Å². The summed E-state index contributed by atoms with van der Waals surface area (Å²) in [6.07, 6.45) is 5.39. The van der Waals surface area contributed by atoms with Crippen molar-refractivity contribution >= 4 is 35.5 Å². The Morgan fingerprint density at radius 1 is 1.06 bits per heavy atom. The van der Waals surface area contributed by atoms with Crippen molar-refractivity contribution < 1.29 is 19.2 Å². The Balaban J connectivity index is 1.42. The van der Waals surface area contributed by atoms with E-state index in [2.05, 4.69) is 26.6 Å². The molecule has 0 spiro atoms. The Bertz CT molecular complexity index is 635. The summed E-state index contributed by atoms with van der Waals surface area (Å²) in [7, 11) is 0. The molecule has 7 N–H and O–H groups in total. The van der Waals surface area contributed by atoms with Gasteiger partial charge in [0.15, 0.2) is 0 Å². The van der Waals surface area contributed by atoms with Crippen LogP contribution in [0.5, 0.6) is 0 Å². The minimum Gasteiger partial charge on any atom is -0.356 e. The van der Waals surface area contributed by atoms with Crippen molar-refractivity contribution in [2.45, 2.75) is 75.2 Å². The normalized spacial score (nSPS) is 22.8. The van der Waals surface area contributed by atoms with Crippen LogP contribution in [0.4, 0.5) is 4.79 Å². The summed E-state index contributed by atoms with van der Waals surface area (Å²) < 4.78 is 0. The highest BCUT2D eigenvalue weighted by Gasteiger charge is 2.42. The number of urea groups is 1. The van der Waals surface area contributed by atoms with Crippen molar-refractivity contribution in [3.05, 3.63) is 0 Å². The van der Waals surface area contributed by atoms with Crippen LogP contribution in [0.15, 0.2) is 0 Å². The van der Waals surface area contributed by atoms with E-state index in [9.17, 15) is 19.2 Å². The van der Waals surface area contributed by atoms with E-state index in [1.165, 1.54) is 6.92 Å². The van der Waals surface area contributed by atoms with E-state index in [4.69, 9.17) is 5.73 Å². The van der Waals surface area contributed by atoms with Crippen molar-refractivity contribution in [3.8, 4) is 0 Å². The fraction of sp³-hybridized carbons (Fsp3) is 0.800. The average molecular weight is 457 g/mol. The molecule has 0 aliphatic carbocycles. The fourth-order valence-corrected chi connectivity index (χ4v) is 5.31. The summed E-state index contributed by atoms with van der Waals surface area (Å²) in [6, 6.07) is -0.185. The first-order valence-corrected chi connectivity index (χ1v) is 12.1. The van der Waals surface area contributed by atoms with Gasteiger partial charge in [-0.2, -0.15) is 11.8 Å². The largest absolute Gasteiger partial charge is 0.356 e. The standard InChI is InChI=1S/C20H36N6O4S/c1-13(27)22-10-11-24-19(29)14(21)6-4-5-9-23-17(28)8-3-2-7-16-18-15(12-31-16)25-20(30)26-18/h14-16,18H,2-12,21H2,1H3,(H,22,27)(H,23,28)(H,24,29)(H2,25,26,30)/t14?,15-,16-,18-/m0/s1. The van der Waals surface area contributed by atoms with Crippen LogP contribution in [0.3, 0.4) is 0 Å². The van der Waals surface area contributed by atoms with Gasteiger partial charge < -0.3 is 32.3 Å². The molecule has 1 unspecified atom stereocenters. The molecule has 10 nitrogen and oxygen atoms in total. The van der Waals surface area contributed by atoms with E-state index in [-0.39, 0.29) is 35.8 Å². The van der Waals surface area contributed by atoms with Crippen molar-refractivity contribution in [2.75, 3.05) is 25.4 Å². The molecule has 2 heterocycles. The maximum atomic E-state index is 12.0. The third-order valence-corrected chi connectivity index (χ3v) is 6.99. The van der Waals surface area contributed by atoms with Gasteiger partial charge >= 0.3 is 6.03 Å². The zero-order valence-electron chi connectivity index (χ0n) is 18.2. The van der Waals surface area contributed by atoms with Gasteiger partial charge in [-0.1, -0.05) is 6.42 Å². The number of unbranched alkanes of at least 4 members (excludes halogenated alkanes) is 2. The van der Waals surface area contributed by atoms with Crippen LogP contribution in [0.1, 0.15) is 51.9 Å². The number of thioether (sulfide) groups is 1. The van der Waals surface area contributed by atoms with Gasteiger partial charge in [0, 0.05) is 44.0 Å². The number of carbonyl (C=O) groups excluding carboxylic acids is 4. The van der Waals surface area contributed by atoms with Gasteiger partial charge in [-0.3, -0.25) is 14.4 Å². The minimum atomic E-state index is -0.582. The third kappa shape index (κ3) is 9.34. The maximum absolute atomic E-state index is 12.0. The van der Waals surface area contributed by atoms with Gasteiger partial charge in [-0.05, 0) is 32.1 Å². The van der Waals surface area contributed by atoms with Crippen molar-refractivity contribution in [3.63, 3.8) is 0 Å². The number of hydrogen-bond donors (Lipinski definition) is 6. The molecular weight excluding hydrogens is 420 g/mol. The van der Waals surface area contributed by atoms with Crippen LogP contribution >= 0.6 is 11.8 Å². The smallest absolute Gasteiger partial charge is 0.315 e. The molecule has 0 radical (unpaired) electrons. The lowest BCUT2D eigenvalue weighted by Crippen LogP contribution is -2.43. The highest BCUT2D eigenvalue weighted by Crippen LogP contribution is 2.33. The predicted octanol–water partition coefficient (Wildman–Crippen LogP) is -0.422. The van der Waals surface area contributed by atoms with Crippen molar-refractivity contribution in [1.82, 2.24) is 26.6 Å². The van der Waals surface area contributed by atoms with Crippen LogP contribution in [0.2, 0.25) is 0 Å². The van der Waals surface area contributed by atoms with E-state index in [0.717, 1.165) is 37.9 Å². The maximum Gasteiger partial charge on any atom is 0.315 e. The first kappa shape index (κ1) is 25.3. The van der Waals surface area contributed by atoms with Crippen LogP contribution < -0.4 is 32.3 Å². The van der Waals surface area contributed by atoms with Crippen molar-refractivity contribution in [1.29, 1.82) is 0 Å². The first-order chi connectivity index (χ1) is 14.9. The molecular formula is C20H36N6O4S. The van der Waals surface area contributed by atoms with Crippen LogP contribution in [-0.2, 0) is 14.4 Å². The molecule has 176 valence electrons. The lowest BCUT2D eigenvalue weighted by atomic mass is 10.0. The molecule has 4 atom stereocenters. The van der Waals surface area contributed by atoms with Crippen molar-refractivity contribution in [2.24, 2.45) is 5.73 Å². The van der Waals surface area contributed by atoms with Crippen LogP contribution in [0.25, 0.3) is 0 Å². The van der Waals surface area contributed by atoms with Gasteiger partial charge in [0.1, 0.15) is 0 Å². The number of fused-ring (bicyclic) bond motifs is 1. The van der Waals surface area contributed by atoms with Gasteiger partial charge in [-0.25, -0.2) is 4.79 Å². The molecule has 2 aliphatic rings. The quantitative estimate of drug-likeness (QED) is 0.154. The molecule has 2 aliphatic heterocycles. The average Bonchev–Trinajstić information content (AvgIpc) is 3.27. The van der Waals surface area contributed by atoms with E-state index in [1.54, 1.807) is 0 Å². The second-order valence-electron chi connectivity index (χ2n) is 8.09. The Kier molecular flexibility index (Phi) is 10.9. The van der Waals surface area contributed by atoms with Gasteiger partial charge in [0.2, 0.25) is 17.7 Å². The Hall–Kier alpha value is -2.01. The SMILES string of the molecule is CC(=O)NCCNC(=O)C(N)CCCCNC(=O)CCCC[C@@H]1SC[C@@H]2NC(=O)N[C@@H]21. The summed E-state index contributed by atoms with van der Waals surface area (Å²) in [5.41, 5.74) is 5.86. The minimum absolute atomic E-state index is 0.0489.